The summed E-state index contributed by atoms with van der Waals surface area (Å²) in [7, 11) is -3.53. The number of rotatable bonds is 5. The molecule has 0 unspecified atom stereocenters. The zero-order valence-corrected chi connectivity index (χ0v) is 15.3. The van der Waals surface area contributed by atoms with E-state index in [-0.39, 0.29) is 24.0 Å². The lowest BCUT2D eigenvalue weighted by atomic mass is 9.96. The highest BCUT2D eigenvalue weighted by molar-refractivity contribution is 7.92. The number of sulfonamides is 1. The number of hydrogen-bond acceptors (Lipinski definition) is 3. The molecule has 1 amide bonds. The van der Waals surface area contributed by atoms with Gasteiger partial charge in [-0.15, -0.1) is 0 Å². The summed E-state index contributed by atoms with van der Waals surface area (Å²) in [5.41, 5.74) is -0.202. The lowest BCUT2D eigenvalue weighted by Gasteiger charge is -2.25. The summed E-state index contributed by atoms with van der Waals surface area (Å²) >= 11 is 11.9. The Morgan fingerprint density at radius 1 is 1.27 bits per heavy atom. The monoisotopic (exact) mass is 366 g/mol. The molecule has 0 saturated carbocycles. The fourth-order valence-corrected chi connectivity index (χ4v) is 3.18. The average Bonchev–Trinajstić information content (AvgIpc) is 2.33. The topological polar surface area (TPSA) is 66.5 Å². The van der Waals surface area contributed by atoms with Gasteiger partial charge in [0, 0.05) is 17.0 Å². The molecule has 0 radical (unpaired) electrons. The van der Waals surface area contributed by atoms with Gasteiger partial charge in [0.2, 0.25) is 15.9 Å². The van der Waals surface area contributed by atoms with Crippen LogP contribution in [0.5, 0.6) is 0 Å². The van der Waals surface area contributed by atoms with Crippen molar-refractivity contribution in [3.05, 3.63) is 28.2 Å². The van der Waals surface area contributed by atoms with Crippen molar-refractivity contribution in [3.63, 3.8) is 0 Å². The predicted molar refractivity (Wildman–Crippen MR) is 91.1 cm³/mol. The molecule has 5 nitrogen and oxygen atoms in total. The minimum Gasteiger partial charge on any atom is -0.354 e. The molecular weight excluding hydrogens is 347 g/mol. The first kappa shape index (κ1) is 19.1. The molecule has 124 valence electrons. The average molecular weight is 367 g/mol. The number of nitrogens with zero attached hydrogens (tertiary/aromatic N) is 1. The summed E-state index contributed by atoms with van der Waals surface area (Å²) in [5.74, 6) is -0.150. The van der Waals surface area contributed by atoms with E-state index in [2.05, 4.69) is 5.32 Å². The van der Waals surface area contributed by atoms with E-state index in [4.69, 9.17) is 23.2 Å². The Hall–Kier alpha value is -0.980. The van der Waals surface area contributed by atoms with Crippen LogP contribution in [-0.2, 0) is 14.8 Å². The number of nitrogens with one attached hydrogen (secondary N) is 1. The standard InChI is InChI=1S/C14H20Cl2N2O3S/c1-14(2,3)13(19)17-7-8-18(22(4,20)21)12-6-5-10(15)9-11(12)16/h5-6,9H,7-8H2,1-4H3,(H,17,19). The van der Waals surface area contributed by atoms with Gasteiger partial charge in [-0.05, 0) is 18.2 Å². The molecule has 0 spiro atoms. The summed E-state index contributed by atoms with van der Waals surface area (Å²) in [5, 5.41) is 3.37. The van der Waals surface area contributed by atoms with Crippen LogP contribution >= 0.6 is 23.2 Å². The molecule has 1 rings (SSSR count). The second kappa shape index (κ2) is 7.06. The molecule has 0 atom stereocenters. The summed E-state index contributed by atoms with van der Waals surface area (Å²) in [6.45, 7) is 5.62. The molecule has 1 N–H and O–H groups in total. The van der Waals surface area contributed by atoms with E-state index >= 15 is 0 Å². The summed E-state index contributed by atoms with van der Waals surface area (Å²) in [6, 6.07) is 4.58. The highest BCUT2D eigenvalue weighted by atomic mass is 35.5. The fourth-order valence-electron chi connectivity index (χ4n) is 1.68. The Kier molecular flexibility index (Phi) is 6.12. The van der Waals surface area contributed by atoms with Crippen molar-refractivity contribution in [3.8, 4) is 0 Å². The molecule has 1 aromatic rings. The maximum atomic E-state index is 12.0. The van der Waals surface area contributed by atoms with Crippen molar-refractivity contribution >= 4 is 44.8 Å². The quantitative estimate of drug-likeness (QED) is 0.870. The number of carbonyl (C=O) groups excluding carboxylic acids is 1. The Morgan fingerprint density at radius 3 is 2.32 bits per heavy atom. The van der Waals surface area contributed by atoms with E-state index in [9.17, 15) is 13.2 Å². The van der Waals surface area contributed by atoms with Crippen molar-refractivity contribution < 1.29 is 13.2 Å². The van der Waals surface area contributed by atoms with Crippen LogP contribution in [0.1, 0.15) is 20.8 Å². The van der Waals surface area contributed by atoms with Crippen molar-refractivity contribution in [1.82, 2.24) is 5.32 Å². The minimum absolute atomic E-state index is 0.0853. The predicted octanol–water partition coefficient (Wildman–Crippen LogP) is 2.92. The molecule has 0 bridgehead atoms. The number of amides is 1. The molecular formula is C14H20Cl2N2O3S. The third-order valence-electron chi connectivity index (χ3n) is 2.86. The molecule has 0 aliphatic rings. The maximum Gasteiger partial charge on any atom is 0.232 e. The van der Waals surface area contributed by atoms with Gasteiger partial charge in [-0.25, -0.2) is 8.42 Å². The Labute approximate surface area is 141 Å². The minimum atomic E-state index is -3.53. The smallest absolute Gasteiger partial charge is 0.232 e. The summed E-state index contributed by atoms with van der Waals surface area (Å²) in [4.78, 5) is 11.8. The van der Waals surface area contributed by atoms with Crippen molar-refractivity contribution in [1.29, 1.82) is 0 Å². The Morgan fingerprint density at radius 2 is 1.86 bits per heavy atom. The lowest BCUT2D eigenvalue weighted by Crippen LogP contribution is -2.41. The fraction of sp³-hybridized carbons (Fsp3) is 0.500. The van der Waals surface area contributed by atoms with E-state index in [0.717, 1.165) is 10.6 Å². The normalized spacial score (nSPS) is 12.1. The van der Waals surface area contributed by atoms with Crippen LogP contribution < -0.4 is 9.62 Å². The first-order valence-electron chi connectivity index (χ1n) is 6.64. The molecule has 0 fully saturated rings. The van der Waals surface area contributed by atoms with Crippen LogP contribution in [0.25, 0.3) is 0 Å². The van der Waals surface area contributed by atoms with Crippen LogP contribution in [0, 0.1) is 5.41 Å². The van der Waals surface area contributed by atoms with Crippen LogP contribution in [0.2, 0.25) is 10.0 Å². The third-order valence-corrected chi connectivity index (χ3v) is 4.58. The molecule has 0 saturated heterocycles. The van der Waals surface area contributed by atoms with Gasteiger partial charge < -0.3 is 5.32 Å². The number of halogens is 2. The van der Waals surface area contributed by atoms with Gasteiger partial charge in [-0.3, -0.25) is 9.10 Å². The molecule has 0 heterocycles. The van der Waals surface area contributed by atoms with Crippen molar-refractivity contribution in [2.45, 2.75) is 20.8 Å². The van der Waals surface area contributed by atoms with E-state index < -0.39 is 15.4 Å². The third kappa shape index (κ3) is 5.34. The number of carbonyl (C=O) groups is 1. The Bertz CT molecular complexity index is 655. The highest BCUT2D eigenvalue weighted by Gasteiger charge is 2.23. The van der Waals surface area contributed by atoms with E-state index in [0.29, 0.717) is 10.7 Å². The van der Waals surface area contributed by atoms with Gasteiger partial charge >= 0.3 is 0 Å². The number of hydrogen-bond donors (Lipinski definition) is 1. The molecule has 0 aliphatic heterocycles. The lowest BCUT2D eigenvalue weighted by molar-refractivity contribution is -0.128. The highest BCUT2D eigenvalue weighted by Crippen LogP contribution is 2.30. The van der Waals surface area contributed by atoms with Crippen molar-refractivity contribution in [2.24, 2.45) is 5.41 Å². The molecule has 0 aliphatic carbocycles. The molecule has 1 aromatic carbocycles. The maximum absolute atomic E-state index is 12.0. The largest absolute Gasteiger partial charge is 0.354 e. The summed E-state index contributed by atoms with van der Waals surface area (Å²) in [6.07, 6.45) is 1.09. The first-order valence-corrected chi connectivity index (χ1v) is 9.24. The molecule has 22 heavy (non-hydrogen) atoms. The number of anilines is 1. The van der Waals surface area contributed by atoms with Gasteiger partial charge in [0.1, 0.15) is 0 Å². The van der Waals surface area contributed by atoms with E-state index in [1.165, 1.54) is 12.1 Å². The second-order valence-corrected chi connectivity index (χ2v) is 8.69. The second-order valence-electron chi connectivity index (χ2n) is 5.94. The van der Waals surface area contributed by atoms with Crippen LogP contribution in [0.15, 0.2) is 18.2 Å². The first-order chi connectivity index (χ1) is 9.93. The zero-order chi connectivity index (χ0) is 17.1. The van der Waals surface area contributed by atoms with E-state index in [1.807, 2.05) is 0 Å². The number of benzene rings is 1. The van der Waals surface area contributed by atoms with Gasteiger partial charge in [0.05, 0.1) is 23.5 Å². The van der Waals surface area contributed by atoms with Crippen molar-refractivity contribution in [2.75, 3.05) is 23.7 Å². The van der Waals surface area contributed by atoms with Gasteiger partial charge in [0.25, 0.3) is 0 Å². The van der Waals surface area contributed by atoms with Crippen LogP contribution in [-0.4, -0.2) is 33.7 Å². The summed E-state index contributed by atoms with van der Waals surface area (Å²) < 4.78 is 25.1. The Balaban J connectivity index is 2.90. The van der Waals surface area contributed by atoms with Gasteiger partial charge in [-0.1, -0.05) is 44.0 Å². The molecule has 8 heteroatoms. The van der Waals surface area contributed by atoms with Crippen LogP contribution in [0.3, 0.4) is 0 Å². The van der Waals surface area contributed by atoms with E-state index in [1.54, 1.807) is 26.8 Å². The van der Waals surface area contributed by atoms with Gasteiger partial charge in [-0.2, -0.15) is 0 Å². The van der Waals surface area contributed by atoms with Crippen LogP contribution in [0.4, 0.5) is 5.69 Å². The zero-order valence-electron chi connectivity index (χ0n) is 13.0. The molecule has 0 aromatic heterocycles. The SMILES string of the molecule is CC(C)(C)C(=O)NCCN(c1ccc(Cl)cc1Cl)S(C)(=O)=O. The van der Waals surface area contributed by atoms with Gasteiger partial charge in [0.15, 0.2) is 0 Å².